The van der Waals surface area contributed by atoms with Gasteiger partial charge in [0.25, 0.3) is 0 Å². The van der Waals surface area contributed by atoms with E-state index in [1.807, 2.05) is 0 Å². The van der Waals surface area contributed by atoms with Crippen molar-refractivity contribution in [2.45, 2.75) is 36.7 Å². The lowest BCUT2D eigenvalue weighted by Crippen LogP contribution is -2.44. The maximum absolute atomic E-state index is 14.2. The molecule has 0 saturated carbocycles. The molecule has 0 saturated heterocycles. The fourth-order valence-electron chi connectivity index (χ4n) is 4.87. The molecule has 0 aliphatic carbocycles. The number of nitrogens with zero attached hydrogens (tertiary/aromatic N) is 1. The van der Waals surface area contributed by atoms with E-state index in [1.54, 1.807) is 0 Å². The lowest BCUT2D eigenvalue weighted by molar-refractivity contribution is -0.274. The van der Waals surface area contributed by atoms with Crippen molar-refractivity contribution in [2.75, 3.05) is 18.0 Å². The average Bonchev–Trinajstić information content (AvgIpc) is 3.11. The highest BCUT2D eigenvalue weighted by Crippen LogP contribution is 2.49. The summed E-state index contributed by atoms with van der Waals surface area (Å²) < 4.78 is 137. The summed E-state index contributed by atoms with van der Waals surface area (Å²) in [5.74, 6) is -2.18. The first-order valence-corrected chi connectivity index (χ1v) is 11.3. The normalized spacial score (nSPS) is 18.7. The molecule has 2 unspecified atom stereocenters. The van der Waals surface area contributed by atoms with Crippen molar-refractivity contribution in [1.29, 1.82) is 0 Å². The highest BCUT2D eigenvalue weighted by Gasteiger charge is 2.48. The van der Waals surface area contributed by atoms with Crippen LogP contribution in [-0.4, -0.2) is 36.8 Å². The predicted octanol–water partition coefficient (Wildman–Crippen LogP) is 7.02. The molecule has 3 aromatic carbocycles. The van der Waals surface area contributed by atoms with Gasteiger partial charge in [0.15, 0.2) is 6.10 Å². The number of para-hydroxylation sites is 1. The quantitative estimate of drug-likeness (QED) is 0.325. The first-order chi connectivity index (χ1) is 18.0. The Morgan fingerprint density at radius 3 is 2.21 bits per heavy atom. The van der Waals surface area contributed by atoms with Crippen LogP contribution >= 0.6 is 0 Å². The third-order valence-corrected chi connectivity index (χ3v) is 6.45. The van der Waals surface area contributed by atoms with Crippen molar-refractivity contribution < 1.29 is 53.7 Å². The Bertz CT molecular complexity index is 1340. The van der Waals surface area contributed by atoms with Crippen molar-refractivity contribution in [3.8, 4) is 5.75 Å². The number of halogens is 10. The Morgan fingerprint density at radius 2 is 1.56 bits per heavy atom. The minimum atomic E-state index is -5.11. The van der Waals surface area contributed by atoms with Crippen LogP contribution < -0.4 is 9.64 Å². The van der Waals surface area contributed by atoms with Gasteiger partial charge in [-0.2, -0.15) is 26.3 Å². The van der Waals surface area contributed by atoms with Crippen LogP contribution in [0.2, 0.25) is 0 Å². The molecule has 1 heterocycles. The van der Waals surface area contributed by atoms with Gasteiger partial charge >= 0.3 is 18.7 Å². The molecule has 0 bridgehead atoms. The maximum atomic E-state index is 14.2. The van der Waals surface area contributed by atoms with E-state index in [2.05, 4.69) is 4.74 Å². The van der Waals surface area contributed by atoms with Crippen LogP contribution in [0.25, 0.3) is 0 Å². The summed E-state index contributed by atoms with van der Waals surface area (Å²) >= 11 is 0. The van der Waals surface area contributed by atoms with Crippen LogP contribution in [0.3, 0.4) is 0 Å². The number of rotatable bonds is 6. The molecule has 4 rings (SSSR count). The maximum Gasteiger partial charge on any atom is 0.573 e. The van der Waals surface area contributed by atoms with Gasteiger partial charge in [-0.15, -0.1) is 13.2 Å². The van der Waals surface area contributed by atoms with Gasteiger partial charge in [0.1, 0.15) is 11.6 Å². The molecular formula is C26H19F10NO2. The van der Waals surface area contributed by atoms with Crippen molar-refractivity contribution in [1.82, 2.24) is 0 Å². The number of alkyl halides is 9. The molecule has 1 N–H and O–H groups in total. The SMILES string of the molecule is OC(CN1CC(Cc2cccc(OC(F)(F)F)c2)(c2ccc(F)c(C(F)(F)F)c2)c2ccccc21)C(F)(F)F. The van der Waals surface area contributed by atoms with Crippen LogP contribution in [0.1, 0.15) is 22.3 Å². The summed E-state index contributed by atoms with van der Waals surface area (Å²) in [4.78, 5) is 1.14. The molecule has 210 valence electrons. The minimum absolute atomic E-state index is 0.130. The fourth-order valence-corrected chi connectivity index (χ4v) is 4.87. The third-order valence-electron chi connectivity index (χ3n) is 6.45. The van der Waals surface area contributed by atoms with Crippen LogP contribution in [0, 0.1) is 5.82 Å². The van der Waals surface area contributed by atoms with Crippen molar-refractivity contribution in [3.05, 3.63) is 94.8 Å². The predicted molar refractivity (Wildman–Crippen MR) is 120 cm³/mol. The van der Waals surface area contributed by atoms with E-state index < -0.39 is 60.5 Å². The van der Waals surface area contributed by atoms with Crippen molar-refractivity contribution in [3.63, 3.8) is 0 Å². The molecule has 2 atom stereocenters. The Morgan fingerprint density at radius 1 is 0.872 bits per heavy atom. The molecular weight excluding hydrogens is 548 g/mol. The number of aliphatic hydroxyl groups is 1. The molecule has 13 heteroatoms. The molecule has 0 amide bonds. The smallest absolute Gasteiger partial charge is 0.406 e. The average molecular weight is 567 g/mol. The van der Waals surface area contributed by atoms with Crippen LogP contribution in [0.5, 0.6) is 5.75 Å². The van der Waals surface area contributed by atoms with Gasteiger partial charge in [-0.25, -0.2) is 4.39 Å². The second kappa shape index (κ2) is 9.92. The van der Waals surface area contributed by atoms with E-state index in [0.717, 1.165) is 23.1 Å². The molecule has 1 aliphatic rings. The van der Waals surface area contributed by atoms with Gasteiger partial charge < -0.3 is 14.7 Å². The zero-order valence-electron chi connectivity index (χ0n) is 19.6. The molecule has 3 aromatic rings. The Labute approximate surface area is 215 Å². The number of β-amino-alcohol motifs (C(OH)–C–C–N with tert-alkyl or cyclic N) is 1. The van der Waals surface area contributed by atoms with E-state index in [0.29, 0.717) is 12.1 Å². The second-order valence-corrected chi connectivity index (χ2v) is 9.10. The van der Waals surface area contributed by atoms with Gasteiger partial charge in [-0.05, 0) is 53.4 Å². The number of aliphatic hydroxyl groups excluding tert-OH is 1. The number of fused-ring (bicyclic) bond motifs is 1. The molecule has 0 spiro atoms. The number of ether oxygens (including phenoxy) is 1. The van der Waals surface area contributed by atoms with Crippen molar-refractivity contribution >= 4 is 5.69 Å². The summed E-state index contributed by atoms with van der Waals surface area (Å²) in [5, 5.41) is 9.75. The van der Waals surface area contributed by atoms with Gasteiger partial charge in [-0.1, -0.05) is 36.4 Å². The summed E-state index contributed by atoms with van der Waals surface area (Å²) in [7, 11) is 0. The minimum Gasteiger partial charge on any atom is -0.406 e. The largest absolute Gasteiger partial charge is 0.573 e. The number of benzene rings is 3. The lowest BCUT2D eigenvalue weighted by atomic mass is 9.71. The summed E-state index contributed by atoms with van der Waals surface area (Å²) in [6.45, 7) is -1.36. The van der Waals surface area contributed by atoms with Gasteiger partial charge in [-0.3, -0.25) is 0 Å². The van der Waals surface area contributed by atoms with Crippen LogP contribution in [0.15, 0.2) is 66.7 Å². The van der Waals surface area contributed by atoms with E-state index in [4.69, 9.17) is 0 Å². The molecule has 0 radical (unpaired) electrons. The van der Waals surface area contributed by atoms with E-state index in [9.17, 15) is 49.0 Å². The Hall–Kier alpha value is -3.48. The van der Waals surface area contributed by atoms with Crippen molar-refractivity contribution in [2.24, 2.45) is 0 Å². The number of hydrogen-bond donors (Lipinski definition) is 1. The molecule has 0 fully saturated rings. The van der Waals surface area contributed by atoms with E-state index >= 15 is 0 Å². The summed E-state index contributed by atoms with van der Waals surface area (Å²) in [5.41, 5.74) is -2.74. The summed E-state index contributed by atoms with van der Waals surface area (Å²) in [6, 6.07) is 12.7. The lowest BCUT2D eigenvalue weighted by Gasteiger charge is -2.33. The monoisotopic (exact) mass is 567 g/mol. The number of anilines is 1. The number of hydrogen-bond acceptors (Lipinski definition) is 3. The summed E-state index contributed by atoms with van der Waals surface area (Å²) in [6.07, 6.45) is -18.2. The zero-order valence-corrected chi connectivity index (χ0v) is 19.6. The zero-order chi connectivity index (χ0) is 28.8. The first kappa shape index (κ1) is 28.5. The van der Waals surface area contributed by atoms with Gasteiger partial charge in [0, 0.05) is 17.6 Å². The van der Waals surface area contributed by atoms with Gasteiger partial charge in [0.05, 0.1) is 12.1 Å². The van der Waals surface area contributed by atoms with Crippen LogP contribution in [-0.2, 0) is 18.0 Å². The fraction of sp³-hybridized carbons (Fsp3) is 0.308. The molecule has 1 aliphatic heterocycles. The second-order valence-electron chi connectivity index (χ2n) is 9.10. The molecule has 39 heavy (non-hydrogen) atoms. The first-order valence-electron chi connectivity index (χ1n) is 11.3. The topological polar surface area (TPSA) is 32.7 Å². The van der Waals surface area contributed by atoms with E-state index in [-0.39, 0.29) is 28.8 Å². The third kappa shape index (κ3) is 6.07. The highest BCUT2D eigenvalue weighted by atomic mass is 19.4. The standard InChI is InChI=1S/C26H19F10NO2/c27-20-9-8-16(11-19(20)24(28,29)30)23(12-15-4-3-5-17(10-15)39-26(34,35)36)14-37(13-22(38)25(31,32)33)21-7-2-1-6-18(21)23/h1-11,22,38H,12-14H2. The van der Waals surface area contributed by atoms with Crippen LogP contribution in [0.4, 0.5) is 49.6 Å². The molecule has 0 aromatic heterocycles. The van der Waals surface area contributed by atoms with Gasteiger partial charge in [0.2, 0.25) is 0 Å². The Balaban J connectivity index is 1.88. The van der Waals surface area contributed by atoms with E-state index in [1.165, 1.54) is 36.4 Å². The highest BCUT2D eigenvalue weighted by molar-refractivity contribution is 5.67. The molecule has 3 nitrogen and oxygen atoms in total. The Kier molecular flexibility index (Phi) is 7.26.